The molecule has 2 rings (SSSR count). The first kappa shape index (κ1) is 20.3. The Labute approximate surface area is 160 Å². The number of benzene rings is 2. The third kappa shape index (κ3) is 4.37. The molecule has 0 saturated carbocycles. The maximum Gasteiger partial charge on any atom is 0.248 e. The highest BCUT2D eigenvalue weighted by Crippen LogP contribution is 2.28. The SMILES string of the molecule is Cc1ccc(C)c(N([C@@H](C)C(=O)Nc2cccc(Cl)c2C)S(C)(=O)=O)c1. The average Bonchev–Trinajstić information content (AvgIpc) is 2.54. The summed E-state index contributed by atoms with van der Waals surface area (Å²) in [6, 6.07) is 9.78. The standard InChI is InChI=1S/C19H23ClN2O3S/c1-12-9-10-13(2)18(11-12)22(26(5,24)25)15(4)19(23)21-17-8-6-7-16(20)14(17)3/h6-11,15H,1-5H3,(H,21,23)/t15-/m0/s1. The zero-order chi connectivity index (χ0) is 19.6. The van der Waals surface area contributed by atoms with Crippen molar-refractivity contribution in [3.05, 3.63) is 58.1 Å². The van der Waals surface area contributed by atoms with Gasteiger partial charge in [-0.2, -0.15) is 0 Å². The van der Waals surface area contributed by atoms with Crippen LogP contribution in [0.5, 0.6) is 0 Å². The Morgan fingerprint density at radius 1 is 1.15 bits per heavy atom. The van der Waals surface area contributed by atoms with Crippen molar-refractivity contribution >= 4 is 38.9 Å². The molecule has 1 amide bonds. The molecule has 5 nitrogen and oxygen atoms in total. The smallest absolute Gasteiger partial charge is 0.248 e. The monoisotopic (exact) mass is 394 g/mol. The molecule has 0 aliphatic rings. The fraction of sp³-hybridized carbons (Fsp3) is 0.316. The zero-order valence-electron chi connectivity index (χ0n) is 15.5. The normalized spacial score (nSPS) is 12.5. The molecule has 26 heavy (non-hydrogen) atoms. The second-order valence-corrected chi connectivity index (χ2v) is 8.69. The van der Waals surface area contributed by atoms with E-state index < -0.39 is 22.0 Å². The van der Waals surface area contributed by atoms with Crippen LogP contribution in [0.15, 0.2) is 36.4 Å². The predicted molar refractivity (Wildman–Crippen MR) is 108 cm³/mol. The van der Waals surface area contributed by atoms with Crippen LogP contribution in [0.1, 0.15) is 23.6 Å². The summed E-state index contributed by atoms with van der Waals surface area (Å²) >= 11 is 6.09. The molecule has 7 heteroatoms. The summed E-state index contributed by atoms with van der Waals surface area (Å²) in [5, 5.41) is 3.31. The fourth-order valence-electron chi connectivity index (χ4n) is 2.72. The number of nitrogens with one attached hydrogen (secondary N) is 1. The number of halogens is 1. The zero-order valence-corrected chi connectivity index (χ0v) is 17.1. The Hall–Kier alpha value is -2.05. The molecule has 2 aromatic rings. The van der Waals surface area contributed by atoms with Gasteiger partial charge in [0.25, 0.3) is 0 Å². The molecular weight excluding hydrogens is 372 g/mol. The summed E-state index contributed by atoms with van der Waals surface area (Å²) in [4.78, 5) is 12.8. The number of carbonyl (C=O) groups is 1. The van der Waals surface area contributed by atoms with Gasteiger partial charge in [-0.3, -0.25) is 9.10 Å². The molecule has 0 heterocycles. The number of carbonyl (C=O) groups excluding carboxylic acids is 1. The highest BCUT2D eigenvalue weighted by Gasteiger charge is 2.30. The molecule has 1 N–H and O–H groups in total. The van der Waals surface area contributed by atoms with E-state index in [2.05, 4.69) is 5.32 Å². The van der Waals surface area contributed by atoms with Crippen LogP contribution in [-0.2, 0) is 14.8 Å². The molecule has 140 valence electrons. The Kier molecular flexibility index (Phi) is 5.98. The quantitative estimate of drug-likeness (QED) is 0.831. The maximum atomic E-state index is 12.8. The van der Waals surface area contributed by atoms with Gasteiger partial charge in [0.2, 0.25) is 15.9 Å². The van der Waals surface area contributed by atoms with Crippen LogP contribution >= 0.6 is 11.6 Å². The molecule has 0 aliphatic carbocycles. The van der Waals surface area contributed by atoms with Gasteiger partial charge in [-0.25, -0.2) is 8.42 Å². The molecule has 1 atom stereocenters. The molecule has 0 bridgehead atoms. The predicted octanol–water partition coefficient (Wildman–Crippen LogP) is 4.06. The van der Waals surface area contributed by atoms with Crippen molar-refractivity contribution < 1.29 is 13.2 Å². The lowest BCUT2D eigenvalue weighted by Gasteiger charge is -2.30. The van der Waals surface area contributed by atoms with Crippen molar-refractivity contribution in [3.63, 3.8) is 0 Å². The van der Waals surface area contributed by atoms with E-state index in [4.69, 9.17) is 11.6 Å². The number of nitrogens with zero attached hydrogens (tertiary/aromatic N) is 1. The van der Waals surface area contributed by atoms with Crippen molar-refractivity contribution in [3.8, 4) is 0 Å². The van der Waals surface area contributed by atoms with Crippen LogP contribution in [0.3, 0.4) is 0 Å². The number of rotatable bonds is 5. The van der Waals surface area contributed by atoms with E-state index in [1.165, 1.54) is 0 Å². The van der Waals surface area contributed by atoms with Gasteiger partial charge < -0.3 is 5.32 Å². The topological polar surface area (TPSA) is 66.5 Å². The van der Waals surface area contributed by atoms with Crippen LogP contribution in [-0.4, -0.2) is 26.6 Å². The molecule has 0 spiro atoms. The van der Waals surface area contributed by atoms with E-state index in [0.29, 0.717) is 16.4 Å². The summed E-state index contributed by atoms with van der Waals surface area (Å²) in [5.74, 6) is -0.429. The maximum absolute atomic E-state index is 12.8. The second-order valence-electron chi connectivity index (χ2n) is 6.43. The van der Waals surface area contributed by atoms with Crippen LogP contribution in [0.25, 0.3) is 0 Å². The minimum absolute atomic E-state index is 0.429. The van der Waals surface area contributed by atoms with Crippen LogP contribution < -0.4 is 9.62 Å². The molecule has 0 fully saturated rings. The third-order valence-electron chi connectivity index (χ3n) is 4.22. The van der Waals surface area contributed by atoms with Crippen LogP contribution in [0.4, 0.5) is 11.4 Å². The van der Waals surface area contributed by atoms with Crippen molar-refractivity contribution in [1.29, 1.82) is 0 Å². The van der Waals surface area contributed by atoms with Gasteiger partial charge in [0.1, 0.15) is 6.04 Å². The Bertz CT molecular complexity index is 942. The van der Waals surface area contributed by atoms with Gasteiger partial charge in [-0.15, -0.1) is 0 Å². The number of anilines is 2. The average molecular weight is 395 g/mol. The molecular formula is C19H23ClN2O3S. The summed E-state index contributed by atoms with van der Waals surface area (Å²) in [7, 11) is -3.67. The lowest BCUT2D eigenvalue weighted by atomic mass is 10.1. The van der Waals surface area contributed by atoms with Gasteiger partial charge in [-0.05, 0) is 62.6 Å². The van der Waals surface area contributed by atoms with Crippen molar-refractivity contribution in [2.24, 2.45) is 0 Å². The van der Waals surface area contributed by atoms with Gasteiger partial charge >= 0.3 is 0 Å². The van der Waals surface area contributed by atoms with Gasteiger partial charge in [0.15, 0.2) is 0 Å². The lowest BCUT2D eigenvalue weighted by molar-refractivity contribution is -0.116. The largest absolute Gasteiger partial charge is 0.324 e. The highest BCUT2D eigenvalue weighted by atomic mass is 35.5. The minimum Gasteiger partial charge on any atom is -0.324 e. The summed E-state index contributed by atoms with van der Waals surface area (Å²) in [5.41, 5.74) is 3.48. The van der Waals surface area contributed by atoms with Crippen LogP contribution in [0, 0.1) is 20.8 Å². The van der Waals surface area contributed by atoms with E-state index in [1.54, 1.807) is 38.1 Å². The Morgan fingerprint density at radius 3 is 2.42 bits per heavy atom. The third-order valence-corrected chi connectivity index (χ3v) is 5.85. The number of sulfonamides is 1. The van der Waals surface area contributed by atoms with E-state index in [0.717, 1.165) is 27.3 Å². The summed E-state index contributed by atoms with van der Waals surface area (Å²) in [6.07, 6.45) is 1.10. The van der Waals surface area contributed by atoms with Crippen molar-refractivity contribution in [2.75, 3.05) is 15.9 Å². The van der Waals surface area contributed by atoms with E-state index in [1.807, 2.05) is 26.0 Å². The van der Waals surface area contributed by atoms with Crippen molar-refractivity contribution in [2.45, 2.75) is 33.7 Å². The van der Waals surface area contributed by atoms with Gasteiger partial charge in [-0.1, -0.05) is 29.8 Å². The second kappa shape index (κ2) is 7.68. The molecule has 0 aliphatic heterocycles. The first-order valence-electron chi connectivity index (χ1n) is 8.15. The Morgan fingerprint density at radius 2 is 1.81 bits per heavy atom. The van der Waals surface area contributed by atoms with Crippen molar-refractivity contribution in [1.82, 2.24) is 0 Å². The Balaban J connectivity index is 2.41. The number of hydrogen-bond acceptors (Lipinski definition) is 3. The van der Waals surface area contributed by atoms with E-state index in [-0.39, 0.29) is 0 Å². The highest BCUT2D eigenvalue weighted by molar-refractivity contribution is 7.92. The van der Waals surface area contributed by atoms with Crippen LogP contribution in [0.2, 0.25) is 5.02 Å². The number of hydrogen-bond donors (Lipinski definition) is 1. The number of amides is 1. The molecule has 0 unspecified atom stereocenters. The summed E-state index contributed by atoms with van der Waals surface area (Å²) in [6.45, 7) is 7.06. The fourth-order valence-corrected chi connectivity index (χ4v) is 4.12. The van der Waals surface area contributed by atoms with Gasteiger partial charge in [0, 0.05) is 10.7 Å². The van der Waals surface area contributed by atoms with E-state index >= 15 is 0 Å². The molecule has 0 aromatic heterocycles. The van der Waals surface area contributed by atoms with Gasteiger partial charge in [0.05, 0.1) is 11.9 Å². The molecule has 0 radical (unpaired) electrons. The first-order chi connectivity index (χ1) is 12.0. The minimum atomic E-state index is -3.67. The molecule has 0 saturated heterocycles. The summed E-state index contributed by atoms with van der Waals surface area (Å²) < 4.78 is 26.0. The lowest BCUT2D eigenvalue weighted by Crippen LogP contribution is -2.45. The first-order valence-corrected chi connectivity index (χ1v) is 10.4. The van der Waals surface area contributed by atoms with E-state index in [9.17, 15) is 13.2 Å². The molecule has 2 aromatic carbocycles. The number of aryl methyl sites for hydroxylation is 2.